The number of ether oxygens (including phenoxy) is 1. The third-order valence-electron chi connectivity index (χ3n) is 3.67. The summed E-state index contributed by atoms with van der Waals surface area (Å²) < 4.78 is 5.85. The van der Waals surface area contributed by atoms with Gasteiger partial charge in [-0.1, -0.05) is 6.07 Å². The fourth-order valence-electron chi connectivity index (χ4n) is 2.60. The Morgan fingerprint density at radius 2 is 1.90 bits per heavy atom. The standard InChI is InChI=1S/C16H15NO3/c1-11-9-14(17(18)19)6-8-16(11)20-15-7-5-12-3-2-4-13(12)10-15/h5-10H,2-4H2,1H3. The largest absolute Gasteiger partial charge is 0.457 e. The molecule has 0 radical (unpaired) electrons. The van der Waals surface area contributed by atoms with E-state index >= 15 is 0 Å². The number of aryl methyl sites for hydroxylation is 3. The molecule has 0 heterocycles. The molecule has 0 N–H and O–H groups in total. The first-order valence-corrected chi connectivity index (χ1v) is 6.68. The van der Waals surface area contributed by atoms with Crippen molar-refractivity contribution in [2.45, 2.75) is 26.2 Å². The summed E-state index contributed by atoms with van der Waals surface area (Å²) in [5.41, 5.74) is 3.60. The molecule has 2 aromatic rings. The van der Waals surface area contributed by atoms with Crippen molar-refractivity contribution in [2.75, 3.05) is 0 Å². The minimum absolute atomic E-state index is 0.0869. The molecule has 2 aromatic carbocycles. The van der Waals surface area contributed by atoms with Gasteiger partial charge in [-0.25, -0.2) is 0 Å². The maximum atomic E-state index is 10.7. The van der Waals surface area contributed by atoms with Gasteiger partial charge >= 0.3 is 0 Å². The molecule has 1 aliphatic carbocycles. The molecule has 0 amide bonds. The van der Waals surface area contributed by atoms with Crippen molar-refractivity contribution >= 4 is 5.69 Å². The zero-order valence-corrected chi connectivity index (χ0v) is 11.3. The van der Waals surface area contributed by atoms with Crippen molar-refractivity contribution in [3.8, 4) is 11.5 Å². The van der Waals surface area contributed by atoms with Gasteiger partial charge in [-0.15, -0.1) is 0 Å². The number of nitro benzene ring substituents is 1. The van der Waals surface area contributed by atoms with E-state index in [-0.39, 0.29) is 5.69 Å². The Morgan fingerprint density at radius 1 is 1.10 bits per heavy atom. The lowest BCUT2D eigenvalue weighted by molar-refractivity contribution is -0.384. The number of nitro groups is 1. The first-order chi connectivity index (χ1) is 9.63. The zero-order valence-electron chi connectivity index (χ0n) is 11.3. The van der Waals surface area contributed by atoms with Crippen LogP contribution in [-0.4, -0.2) is 4.92 Å². The summed E-state index contributed by atoms with van der Waals surface area (Å²) in [6.45, 7) is 1.82. The normalized spacial score (nSPS) is 13.1. The van der Waals surface area contributed by atoms with E-state index in [2.05, 4.69) is 12.1 Å². The van der Waals surface area contributed by atoms with Gasteiger partial charge in [0.2, 0.25) is 0 Å². The summed E-state index contributed by atoms with van der Waals surface area (Å²) in [4.78, 5) is 10.3. The summed E-state index contributed by atoms with van der Waals surface area (Å²) in [5.74, 6) is 1.45. The summed E-state index contributed by atoms with van der Waals surface area (Å²) in [6, 6.07) is 10.8. The lowest BCUT2D eigenvalue weighted by Crippen LogP contribution is -1.92. The molecule has 0 aromatic heterocycles. The van der Waals surface area contributed by atoms with Crippen molar-refractivity contribution in [1.29, 1.82) is 0 Å². The van der Waals surface area contributed by atoms with Crippen LogP contribution in [0, 0.1) is 17.0 Å². The van der Waals surface area contributed by atoms with Crippen LogP contribution in [0.2, 0.25) is 0 Å². The molecule has 0 saturated heterocycles. The van der Waals surface area contributed by atoms with Gasteiger partial charge in [-0.2, -0.15) is 0 Å². The molecule has 0 spiro atoms. The monoisotopic (exact) mass is 269 g/mol. The van der Waals surface area contributed by atoms with Crippen molar-refractivity contribution in [3.05, 3.63) is 63.2 Å². The third-order valence-corrected chi connectivity index (χ3v) is 3.67. The summed E-state index contributed by atoms with van der Waals surface area (Å²) in [6.07, 6.45) is 3.45. The molecule has 0 fully saturated rings. The average molecular weight is 269 g/mol. The van der Waals surface area contributed by atoms with E-state index in [1.807, 2.05) is 13.0 Å². The highest BCUT2D eigenvalue weighted by Gasteiger charge is 2.13. The van der Waals surface area contributed by atoms with Gasteiger partial charge in [0.05, 0.1) is 4.92 Å². The van der Waals surface area contributed by atoms with Crippen molar-refractivity contribution in [2.24, 2.45) is 0 Å². The van der Waals surface area contributed by atoms with Crippen LogP contribution in [0.3, 0.4) is 0 Å². The number of benzene rings is 2. The van der Waals surface area contributed by atoms with Gasteiger partial charge in [0, 0.05) is 12.1 Å². The second-order valence-corrected chi connectivity index (χ2v) is 5.09. The number of rotatable bonds is 3. The Hall–Kier alpha value is -2.36. The van der Waals surface area contributed by atoms with Crippen LogP contribution < -0.4 is 4.74 Å². The number of non-ortho nitro benzene ring substituents is 1. The maximum Gasteiger partial charge on any atom is 0.269 e. The number of nitrogens with zero attached hydrogens (tertiary/aromatic N) is 1. The first kappa shape index (κ1) is 12.7. The molecule has 3 rings (SSSR count). The topological polar surface area (TPSA) is 52.4 Å². The lowest BCUT2D eigenvalue weighted by atomic mass is 10.1. The lowest BCUT2D eigenvalue weighted by Gasteiger charge is -2.10. The van der Waals surface area contributed by atoms with E-state index in [9.17, 15) is 10.1 Å². The summed E-state index contributed by atoms with van der Waals surface area (Å²) >= 11 is 0. The fraction of sp³-hybridized carbons (Fsp3) is 0.250. The molecule has 0 aliphatic heterocycles. The molecular weight excluding hydrogens is 254 g/mol. The zero-order chi connectivity index (χ0) is 14.1. The molecule has 0 unspecified atom stereocenters. The van der Waals surface area contributed by atoms with Crippen LogP contribution in [-0.2, 0) is 12.8 Å². The predicted molar refractivity (Wildman–Crippen MR) is 76.4 cm³/mol. The molecule has 1 aliphatic rings. The highest BCUT2D eigenvalue weighted by atomic mass is 16.6. The van der Waals surface area contributed by atoms with Gasteiger partial charge < -0.3 is 4.74 Å². The second-order valence-electron chi connectivity index (χ2n) is 5.09. The van der Waals surface area contributed by atoms with Gasteiger partial charge in [0.25, 0.3) is 5.69 Å². The van der Waals surface area contributed by atoms with E-state index in [1.165, 1.54) is 29.7 Å². The molecule has 0 saturated carbocycles. The average Bonchev–Trinajstić information content (AvgIpc) is 2.88. The van der Waals surface area contributed by atoms with E-state index in [0.717, 1.165) is 24.2 Å². The summed E-state index contributed by atoms with van der Waals surface area (Å²) in [5, 5.41) is 10.7. The Balaban J connectivity index is 1.86. The third kappa shape index (κ3) is 2.37. The minimum Gasteiger partial charge on any atom is -0.457 e. The molecule has 102 valence electrons. The van der Waals surface area contributed by atoms with Crippen LogP contribution >= 0.6 is 0 Å². The highest BCUT2D eigenvalue weighted by Crippen LogP contribution is 2.31. The molecule has 4 nitrogen and oxygen atoms in total. The Morgan fingerprint density at radius 3 is 2.65 bits per heavy atom. The van der Waals surface area contributed by atoms with Gasteiger partial charge in [0.1, 0.15) is 11.5 Å². The second kappa shape index (κ2) is 4.96. The molecular formula is C16H15NO3. The molecule has 4 heteroatoms. The Labute approximate surface area is 117 Å². The van der Waals surface area contributed by atoms with E-state index < -0.39 is 4.92 Å². The van der Waals surface area contributed by atoms with Crippen LogP contribution in [0.1, 0.15) is 23.1 Å². The van der Waals surface area contributed by atoms with Gasteiger partial charge in [-0.05, 0) is 61.1 Å². The van der Waals surface area contributed by atoms with Crippen LogP contribution in [0.15, 0.2) is 36.4 Å². The van der Waals surface area contributed by atoms with Crippen LogP contribution in [0.25, 0.3) is 0 Å². The quantitative estimate of drug-likeness (QED) is 0.620. The predicted octanol–water partition coefficient (Wildman–Crippen LogP) is 4.18. The van der Waals surface area contributed by atoms with E-state index in [1.54, 1.807) is 6.07 Å². The first-order valence-electron chi connectivity index (χ1n) is 6.68. The van der Waals surface area contributed by atoms with Gasteiger partial charge in [-0.3, -0.25) is 10.1 Å². The van der Waals surface area contributed by atoms with E-state index in [4.69, 9.17) is 4.74 Å². The van der Waals surface area contributed by atoms with Crippen molar-refractivity contribution in [3.63, 3.8) is 0 Å². The fourth-order valence-corrected chi connectivity index (χ4v) is 2.60. The molecule has 20 heavy (non-hydrogen) atoms. The Kier molecular flexibility index (Phi) is 3.14. The van der Waals surface area contributed by atoms with Crippen LogP contribution in [0.5, 0.6) is 11.5 Å². The summed E-state index contributed by atoms with van der Waals surface area (Å²) in [7, 11) is 0. The minimum atomic E-state index is -0.397. The SMILES string of the molecule is Cc1cc([N+](=O)[O-])ccc1Oc1ccc2c(c1)CCC2. The number of hydrogen-bond acceptors (Lipinski definition) is 3. The van der Waals surface area contributed by atoms with Gasteiger partial charge in [0.15, 0.2) is 0 Å². The highest BCUT2D eigenvalue weighted by molar-refractivity contribution is 5.46. The smallest absolute Gasteiger partial charge is 0.269 e. The maximum absolute atomic E-state index is 10.7. The molecule has 0 bridgehead atoms. The van der Waals surface area contributed by atoms with E-state index in [0.29, 0.717) is 5.75 Å². The number of hydrogen-bond donors (Lipinski definition) is 0. The van der Waals surface area contributed by atoms with Crippen molar-refractivity contribution < 1.29 is 9.66 Å². The molecule has 0 atom stereocenters. The van der Waals surface area contributed by atoms with Crippen LogP contribution in [0.4, 0.5) is 5.69 Å². The Bertz CT molecular complexity index is 679. The number of fused-ring (bicyclic) bond motifs is 1. The van der Waals surface area contributed by atoms with Crippen molar-refractivity contribution in [1.82, 2.24) is 0 Å².